The summed E-state index contributed by atoms with van der Waals surface area (Å²) in [5, 5.41) is 13.4. The van der Waals surface area contributed by atoms with Crippen molar-refractivity contribution in [3.05, 3.63) is 35.4 Å². The lowest BCUT2D eigenvalue weighted by Crippen LogP contribution is -2.97. The molecule has 1 aromatic rings. The summed E-state index contributed by atoms with van der Waals surface area (Å²) in [6.45, 7) is 0. The van der Waals surface area contributed by atoms with Gasteiger partial charge in [0.05, 0.1) is 18.4 Å². The van der Waals surface area contributed by atoms with E-state index < -0.39 is 12.0 Å². The van der Waals surface area contributed by atoms with Gasteiger partial charge in [0.2, 0.25) is 0 Å². The first-order valence-corrected chi connectivity index (χ1v) is 10.3. The molecule has 4 heteroatoms. The number of ketones is 1. The Balaban J connectivity index is 1.58. The third-order valence-corrected chi connectivity index (χ3v) is 6.17. The van der Waals surface area contributed by atoms with Crippen LogP contribution in [0.3, 0.4) is 0 Å². The monoisotopic (exact) mass is 357 g/mol. The predicted molar refractivity (Wildman–Crippen MR) is 98.8 cm³/mol. The molecule has 2 saturated carbocycles. The summed E-state index contributed by atoms with van der Waals surface area (Å²) >= 11 is 0. The van der Waals surface area contributed by atoms with Gasteiger partial charge in [-0.05, 0) is 50.0 Å². The van der Waals surface area contributed by atoms with Gasteiger partial charge in [-0.1, -0.05) is 49.9 Å². The molecule has 0 heterocycles. The molecule has 0 saturated heterocycles. The zero-order chi connectivity index (χ0) is 18.4. The lowest BCUT2D eigenvalue weighted by molar-refractivity contribution is -0.716. The number of carboxylic acid groups (broad SMARTS) is 1. The molecular weight excluding hydrogens is 326 g/mol. The summed E-state index contributed by atoms with van der Waals surface area (Å²) in [4.78, 5) is 24.1. The molecular formula is C22H31NO3. The molecule has 2 aliphatic carbocycles. The second kappa shape index (κ2) is 9.31. The molecule has 1 atom stereocenters. The first-order valence-electron chi connectivity index (χ1n) is 10.3. The summed E-state index contributed by atoms with van der Waals surface area (Å²) in [6.07, 6.45) is 12.0. The predicted octanol–water partition coefficient (Wildman–Crippen LogP) is 2.32. The third-order valence-electron chi connectivity index (χ3n) is 6.17. The highest BCUT2D eigenvalue weighted by Crippen LogP contribution is 2.32. The molecule has 0 radical (unpaired) electrons. The normalized spacial score (nSPS) is 20.6. The van der Waals surface area contributed by atoms with Gasteiger partial charge in [-0.2, -0.15) is 0 Å². The van der Waals surface area contributed by atoms with Gasteiger partial charge in [0.1, 0.15) is 6.04 Å². The maximum absolute atomic E-state index is 12.6. The summed E-state index contributed by atoms with van der Waals surface area (Å²) in [7, 11) is 0. The molecule has 0 spiro atoms. The van der Waals surface area contributed by atoms with E-state index in [-0.39, 0.29) is 12.2 Å². The van der Waals surface area contributed by atoms with Crippen molar-refractivity contribution in [3.8, 4) is 0 Å². The van der Waals surface area contributed by atoms with E-state index in [0.29, 0.717) is 17.5 Å². The van der Waals surface area contributed by atoms with Crippen molar-refractivity contribution in [1.29, 1.82) is 0 Å². The van der Waals surface area contributed by atoms with Gasteiger partial charge in [0.25, 0.3) is 0 Å². The van der Waals surface area contributed by atoms with E-state index in [1.54, 1.807) is 0 Å². The molecule has 2 N–H and O–H groups in total. The Morgan fingerprint density at radius 3 is 2.08 bits per heavy atom. The minimum atomic E-state index is -1.12. The van der Waals surface area contributed by atoms with Gasteiger partial charge in [0.15, 0.2) is 5.78 Å². The van der Waals surface area contributed by atoms with Crippen LogP contribution >= 0.6 is 0 Å². The minimum Gasteiger partial charge on any atom is -0.544 e. The topological polar surface area (TPSA) is 73.8 Å². The van der Waals surface area contributed by atoms with Gasteiger partial charge in [0, 0.05) is 5.56 Å². The maximum Gasteiger partial charge on any atom is 0.169 e. The van der Waals surface area contributed by atoms with Crippen LogP contribution in [0.15, 0.2) is 24.3 Å². The summed E-state index contributed by atoms with van der Waals surface area (Å²) in [5.41, 5.74) is 1.93. The molecule has 26 heavy (non-hydrogen) atoms. The van der Waals surface area contributed by atoms with Crippen LogP contribution in [0.4, 0.5) is 0 Å². The number of rotatable bonds is 7. The van der Waals surface area contributed by atoms with Crippen molar-refractivity contribution in [3.63, 3.8) is 0 Å². The number of hydrogen-bond acceptors (Lipinski definition) is 3. The fourth-order valence-corrected chi connectivity index (χ4v) is 4.58. The number of aliphatic carboxylic acids is 1. The number of carbonyl (C=O) groups excluding carboxylic acids is 2. The quantitative estimate of drug-likeness (QED) is 0.761. The van der Waals surface area contributed by atoms with Crippen LogP contribution in [-0.4, -0.2) is 23.8 Å². The Kier molecular flexibility index (Phi) is 6.84. The fourth-order valence-electron chi connectivity index (χ4n) is 4.58. The van der Waals surface area contributed by atoms with Crippen LogP contribution in [0.25, 0.3) is 0 Å². The molecule has 142 valence electrons. The average molecular weight is 357 g/mol. The highest BCUT2D eigenvalue weighted by Gasteiger charge is 2.25. The summed E-state index contributed by atoms with van der Waals surface area (Å²) < 4.78 is 0. The molecule has 0 amide bonds. The zero-order valence-electron chi connectivity index (χ0n) is 15.6. The van der Waals surface area contributed by atoms with Crippen molar-refractivity contribution in [2.45, 2.75) is 88.6 Å². The summed E-state index contributed by atoms with van der Waals surface area (Å²) in [6, 6.07) is 7.40. The fraction of sp³-hybridized carbons (Fsp3) is 0.636. The lowest BCUT2D eigenvalue weighted by Gasteiger charge is -2.25. The highest BCUT2D eigenvalue weighted by atomic mass is 16.4. The van der Waals surface area contributed by atoms with E-state index in [4.69, 9.17) is 0 Å². The molecule has 2 aliphatic rings. The summed E-state index contributed by atoms with van der Waals surface area (Å²) in [5.74, 6) is -0.604. The molecule has 2 fully saturated rings. The molecule has 4 nitrogen and oxygen atoms in total. The molecule has 0 bridgehead atoms. The largest absolute Gasteiger partial charge is 0.544 e. The number of Topliss-reactive ketones (excluding diaryl/α,β-unsaturated/α-hetero) is 1. The smallest absolute Gasteiger partial charge is 0.169 e. The van der Waals surface area contributed by atoms with Crippen molar-refractivity contribution >= 4 is 11.8 Å². The van der Waals surface area contributed by atoms with E-state index in [9.17, 15) is 14.7 Å². The van der Waals surface area contributed by atoms with Crippen LogP contribution in [0, 0.1) is 0 Å². The van der Waals surface area contributed by atoms with Crippen molar-refractivity contribution in [2.75, 3.05) is 0 Å². The van der Waals surface area contributed by atoms with E-state index in [2.05, 4.69) is 12.1 Å². The number of quaternary nitrogens is 1. The highest BCUT2D eigenvalue weighted by molar-refractivity contribution is 5.98. The molecule has 3 rings (SSSR count). The van der Waals surface area contributed by atoms with E-state index in [1.165, 1.54) is 44.1 Å². The average Bonchev–Trinajstić information content (AvgIpc) is 2.69. The second-order valence-electron chi connectivity index (χ2n) is 8.10. The van der Waals surface area contributed by atoms with Gasteiger partial charge in [-0.25, -0.2) is 0 Å². The van der Waals surface area contributed by atoms with Gasteiger partial charge < -0.3 is 15.2 Å². The Hall–Kier alpha value is -1.68. The lowest BCUT2D eigenvalue weighted by atomic mass is 9.84. The zero-order valence-corrected chi connectivity index (χ0v) is 15.6. The molecule has 0 unspecified atom stereocenters. The van der Waals surface area contributed by atoms with Crippen molar-refractivity contribution in [1.82, 2.24) is 0 Å². The Bertz CT molecular complexity index is 598. The van der Waals surface area contributed by atoms with E-state index >= 15 is 0 Å². The second-order valence-corrected chi connectivity index (χ2v) is 8.10. The third kappa shape index (κ3) is 5.16. The number of carboxylic acids is 1. The van der Waals surface area contributed by atoms with Gasteiger partial charge in [-0.15, -0.1) is 0 Å². The Morgan fingerprint density at radius 2 is 1.50 bits per heavy atom. The maximum atomic E-state index is 12.6. The number of carbonyl (C=O) groups is 2. The first kappa shape index (κ1) is 19.1. The number of benzene rings is 1. The Morgan fingerprint density at radius 1 is 0.923 bits per heavy atom. The van der Waals surface area contributed by atoms with Crippen molar-refractivity contribution < 1.29 is 20.0 Å². The molecule has 1 aromatic carbocycles. The van der Waals surface area contributed by atoms with Crippen LogP contribution in [0.2, 0.25) is 0 Å². The van der Waals surface area contributed by atoms with Gasteiger partial charge in [-0.3, -0.25) is 4.79 Å². The molecule has 0 aliphatic heterocycles. The molecule has 0 aromatic heterocycles. The standard InChI is InChI=1S/C22H31NO3/c24-21(15-20(22(25)26)23-19-9-5-2-6-10-19)18-13-11-17(12-14-18)16-7-3-1-4-8-16/h11-14,16,19-20,23H,1-10,15H2,(H,25,26)/t20-/m1/s1. The number of nitrogens with two attached hydrogens (primary N) is 1. The van der Waals surface area contributed by atoms with Crippen LogP contribution in [-0.2, 0) is 4.79 Å². The first-order chi connectivity index (χ1) is 12.6. The van der Waals surface area contributed by atoms with E-state index in [0.717, 1.165) is 25.7 Å². The Labute approximate surface area is 156 Å². The minimum absolute atomic E-state index is 0.0155. The van der Waals surface area contributed by atoms with E-state index in [1.807, 2.05) is 17.4 Å². The number of hydrogen-bond donors (Lipinski definition) is 1. The van der Waals surface area contributed by atoms with Crippen LogP contribution in [0.1, 0.15) is 92.5 Å². The van der Waals surface area contributed by atoms with Gasteiger partial charge >= 0.3 is 0 Å². The van der Waals surface area contributed by atoms with Crippen molar-refractivity contribution in [2.24, 2.45) is 0 Å². The van der Waals surface area contributed by atoms with Crippen LogP contribution < -0.4 is 10.4 Å². The SMILES string of the molecule is O=C(C[C@@H]([NH2+]C1CCCCC1)C(=O)[O-])c1ccc(C2CCCCC2)cc1. The van der Waals surface area contributed by atoms with Crippen LogP contribution in [0.5, 0.6) is 0 Å².